The number of aryl methyl sites for hydroxylation is 1. The molecule has 0 atom stereocenters. The van der Waals surface area contributed by atoms with E-state index >= 15 is 0 Å². The van der Waals surface area contributed by atoms with E-state index in [1.54, 1.807) is 44.5 Å². The fraction of sp³-hybridized carbons (Fsp3) is 0.519. The molecule has 0 saturated carbocycles. The average Bonchev–Trinajstić information content (AvgIpc) is 3.23. The molecule has 1 aromatic carbocycles. The molecule has 13 nitrogen and oxygen atoms in total. The van der Waals surface area contributed by atoms with Gasteiger partial charge in [0.05, 0.1) is 26.3 Å². The summed E-state index contributed by atoms with van der Waals surface area (Å²) in [6, 6.07) is 7.01. The predicted molar refractivity (Wildman–Crippen MR) is 149 cm³/mol. The lowest BCUT2D eigenvalue weighted by Crippen LogP contribution is -2.62. The smallest absolute Gasteiger partial charge is 0.410 e. The number of urea groups is 1. The average molecular weight is 553 g/mol. The summed E-state index contributed by atoms with van der Waals surface area (Å²) in [7, 11) is 1.80. The van der Waals surface area contributed by atoms with E-state index in [4.69, 9.17) is 24.4 Å². The summed E-state index contributed by atoms with van der Waals surface area (Å²) in [5.41, 5.74) is 0.573. The maximum absolute atomic E-state index is 12.5. The van der Waals surface area contributed by atoms with Crippen LogP contribution in [0.1, 0.15) is 33.5 Å². The van der Waals surface area contributed by atoms with Crippen LogP contribution < -0.4 is 15.5 Å². The number of benzene rings is 1. The second-order valence-electron chi connectivity index (χ2n) is 11.1. The maximum atomic E-state index is 12.5. The highest BCUT2D eigenvalue weighted by Crippen LogP contribution is 2.36. The quantitative estimate of drug-likeness (QED) is 0.434. The van der Waals surface area contributed by atoms with Gasteiger partial charge in [-0.25, -0.2) is 24.5 Å². The molecule has 2 aliphatic heterocycles. The van der Waals surface area contributed by atoms with Gasteiger partial charge in [-0.3, -0.25) is 0 Å². The number of ether oxygens (including phenoxy) is 2. The lowest BCUT2D eigenvalue weighted by molar-refractivity contribution is -0.109. The number of hydrogen-bond donors (Lipinski definition) is 3. The predicted octanol–water partition coefficient (Wildman–Crippen LogP) is 2.45. The molecular weight excluding hydrogens is 516 g/mol. The molecule has 0 unspecified atom stereocenters. The number of aliphatic hydroxyl groups is 1. The van der Waals surface area contributed by atoms with Crippen molar-refractivity contribution in [2.45, 2.75) is 38.9 Å². The first-order valence-electron chi connectivity index (χ1n) is 13.4. The fourth-order valence-corrected chi connectivity index (χ4v) is 4.81. The van der Waals surface area contributed by atoms with Crippen LogP contribution in [0.5, 0.6) is 0 Å². The van der Waals surface area contributed by atoms with Gasteiger partial charge in [0.15, 0.2) is 28.4 Å². The topological polar surface area (TPSA) is 147 Å². The number of likely N-dealkylation sites (tertiary alicyclic amines) is 1. The second-order valence-corrected chi connectivity index (χ2v) is 11.1. The molecule has 3 aromatic rings. The summed E-state index contributed by atoms with van der Waals surface area (Å²) < 4.78 is 12.8. The molecule has 2 saturated heterocycles. The van der Waals surface area contributed by atoms with Crippen LogP contribution in [0, 0.1) is 0 Å². The Morgan fingerprint density at radius 3 is 2.40 bits per heavy atom. The minimum Gasteiger partial charge on any atom is -0.444 e. The zero-order valence-corrected chi connectivity index (χ0v) is 23.5. The number of aromatic nitrogens is 4. The van der Waals surface area contributed by atoms with Crippen molar-refractivity contribution in [3.8, 4) is 11.4 Å². The number of β-amino-alcohol motifs (C(OH)–C–C–N with tert-alkyl or cyclic N) is 1. The van der Waals surface area contributed by atoms with Crippen molar-refractivity contribution in [1.29, 1.82) is 0 Å². The van der Waals surface area contributed by atoms with Crippen LogP contribution in [-0.4, -0.2) is 93.2 Å². The number of carbonyl (C=O) groups excluding carboxylic acids is 2. The number of hydrogen-bond acceptors (Lipinski definition) is 9. The number of fused-ring (bicyclic) bond motifs is 1. The van der Waals surface area contributed by atoms with Gasteiger partial charge in [-0.2, -0.15) is 0 Å². The second kappa shape index (κ2) is 10.5. The summed E-state index contributed by atoms with van der Waals surface area (Å²) in [6.45, 7) is 10.3. The number of carbonyl (C=O) groups is 2. The Hall–Kier alpha value is -3.97. The van der Waals surface area contributed by atoms with Crippen LogP contribution in [0.25, 0.3) is 22.6 Å². The largest absolute Gasteiger partial charge is 0.444 e. The third kappa shape index (κ3) is 5.52. The molecule has 2 fully saturated rings. The van der Waals surface area contributed by atoms with Crippen molar-refractivity contribution in [3.63, 3.8) is 0 Å². The monoisotopic (exact) mass is 552 g/mol. The summed E-state index contributed by atoms with van der Waals surface area (Å²) in [5.74, 6) is 1.55. The Morgan fingerprint density at radius 2 is 1.77 bits per heavy atom. The van der Waals surface area contributed by atoms with E-state index in [1.807, 2.05) is 19.1 Å². The van der Waals surface area contributed by atoms with E-state index < -0.39 is 17.3 Å². The van der Waals surface area contributed by atoms with Crippen molar-refractivity contribution in [2.75, 3.05) is 56.2 Å². The van der Waals surface area contributed by atoms with Crippen LogP contribution in [-0.2, 0) is 22.1 Å². The first kappa shape index (κ1) is 27.6. The molecule has 3 N–H and O–H groups in total. The number of morpholine rings is 1. The van der Waals surface area contributed by atoms with Gasteiger partial charge in [-0.1, -0.05) is 0 Å². The van der Waals surface area contributed by atoms with E-state index in [2.05, 4.69) is 15.5 Å². The van der Waals surface area contributed by atoms with Gasteiger partial charge in [0, 0.05) is 37.9 Å². The van der Waals surface area contributed by atoms with Crippen LogP contribution in [0.4, 0.5) is 21.1 Å². The number of nitrogens with zero attached hydrogens (tertiary/aromatic N) is 6. The summed E-state index contributed by atoms with van der Waals surface area (Å²) in [6.07, 6.45) is -0.475. The molecule has 5 rings (SSSR count). The zero-order chi connectivity index (χ0) is 28.7. The first-order valence-corrected chi connectivity index (χ1v) is 13.4. The molecule has 0 spiro atoms. The summed E-state index contributed by atoms with van der Waals surface area (Å²) >= 11 is 0. The number of imidazole rings is 1. The van der Waals surface area contributed by atoms with E-state index in [0.717, 1.165) is 5.56 Å². The number of nitrogens with one attached hydrogen (secondary N) is 2. The van der Waals surface area contributed by atoms with Crippen molar-refractivity contribution < 1.29 is 24.2 Å². The zero-order valence-electron chi connectivity index (χ0n) is 23.5. The minimum absolute atomic E-state index is 0.0618. The maximum Gasteiger partial charge on any atom is 0.410 e. The van der Waals surface area contributed by atoms with Gasteiger partial charge >= 0.3 is 12.1 Å². The molecule has 214 valence electrons. The highest BCUT2D eigenvalue weighted by atomic mass is 16.6. The Bertz CT molecular complexity index is 1400. The van der Waals surface area contributed by atoms with Gasteiger partial charge < -0.3 is 39.6 Å². The van der Waals surface area contributed by atoms with E-state index in [0.29, 0.717) is 67.2 Å². The van der Waals surface area contributed by atoms with E-state index in [1.165, 1.54) is 4.90 Å². The molecule has 0 radical (unpaired) electrons. The lowest BCUT2D eigenvalue weighted by Gasteiger charge is -2.45. The van der Waals surface area contributed by atoms with Crippen molar-refractivity contribution in [3.05, 3.63) is 30.1 Å². The van der Waals surface area contributed by atoms with Crippen molar-refractivity contribution in [2.24, 2.45) is 7.05 Å². The van der Waals surface area contributed by atoms with Gasteiger partial charge in [-0.05, 0) is 52.0 Å². The first-order chi connectivity index (χ1) is 19.0. The standard InChI is InChI=1S/C27H36N8O5/c1-6-28-24(36)29-18-9-7-17(8-10-18)20-31-21-19(22(32-20)34-11-13-39-14-12-34)30-23(33(21)5)27(38)15-35(16-27)25(37)40-26(2,3)4/h7-10,38H,6,11-16H2,1-5H3,(H2,28,29,36). The van der Waals surface area contributed by atoms with E-state index in [-0.39, 0.29) is 19.1 Å². The third-order valence-corrected chi connectivity index (χ3v) is 6.72. The highest BCUT2D eigenvalue weighted by molar-refractivity contribution is 5.90. The van der Waals surface area contributed by atoms with Gasteiger partial charge in [-0.15, -0.1) is 0 Å². The fourth-order valence-electron chi connectivity index (χ4n) is 4.81. The van der Waals surface area contributed by atoms with Crippen molar-refractivity contribution in [1.82, 2.24) is 29.7 Å². The van der Waals surface area contributed by atoms with Crippen LogP contribution in [0.3, 0.4) is 0 Å². The van der Waals surface area contributed by atoms with Crippen molar-refractivity contribution >= 4 is 34.8 Å². The SMILES string of the molecule is CCNC(=O)Nc1ccc(-c2nc(N3CCOCC3)c3nc(C4(O)CN(C(=O)OC(C)(C)C)C4)n(C)c3n2)cc1. The molecule has 3 amide bonds. The Morgan fingerprint density at radius 1 is 1.10 bits per heavy atom. The summed E-state index contributed by atoms with van der Waals surface area (Å²) in [5, 5.41) is 16.9. The highest BCUT2D eigenvalue weighted by Gasteiger charge is 2.49. The summed E-state index contributed by atoms with van der Waals surface area (Å²) in [4.78, 5) is 42.5. The molecule has 40 heavy (non-hydrogen) atoms. The Labute approximate surface area is 232 Å². The minimum atomic E-state index is -1.35. The molecule has 13 heteroatoms. The van der Waals surface area contributed by atoms with Crippen LogP contribution >= 0.6 is 0 Å². The Balaban J connectivity index is 1.48. The molecule has 2 aromatic heterocycles. The number of amides is 3. The van der Waals surface area contributed by atoms with Crippen LogP contribution in [0.15, 0.2) is 24.3 Å². The van der Waals surface area contributed by atoms with Gasteiger partial charge in [0.25, 0.3) is 0 Å². The number of rotatable bonds is 5. The molecule has 0 bridgehead atoms. The molecule has 2 aliphatic rings. The van der Waals surface area contributed by atoms with Crippen LogP contribution in [0.2, 0.25) is 0 Å². The Kier molecular flexibility index (Phi) is 7.27. The third-order valence-electron chi connectivity index (χ3n) is 6.72. The molecule has 0 aliphatic carbocycles. The normalized spacial score (nSPS) is 16.9. The lowest BCUT2D eigenvalue weighted by atomic mass is 9.93. The van der Waals surface area contributed by atoms with Gasteiger partial charge in [0.1, 0.15) is 11.4 Å². The van der Waals surface area contributed by atoms with Gasteiger partial charge in [0.2, 0.25) is 0 Å². The van der Waals surface area contributed by atoms with E-state index in [9.17, 15) is 14.7 Å². The molecule has 4 heterocycles. The molecular formula is C27H36N8O5. The number of anilines is 2.